The van der Waals surface area contributed by atoms with E-state index in [2.05, 4.69) is 0 Å². The molecule has 0 radical (unpaired) electrons. The molecule has 0 aliphatic rings. The maximum Gasteiger partial charge on any atom is 0.308 e. The summed E-state index contributed by atoms with van der Waals surface area (Å²) < 4.78 is 10.6. The quantitative estimate of drug-likeness (QED) is 0.384. The summed E-state index contributed by atoms with van der Waals surface area (Å²) in [5.74, 6) is -2.04. The van der Waals surface area contributed by atoms with Crippen LogP contribution in [-0.4, -0.2) is 29.4 Å². The Morgan fingerprint density at radius 2 is 1.76 bits per heavy atom. The van der Waals surface area contributed by atoms with Crippen LogP contribution in [0.1, 0.15) is 52.9 Å². The highest BCUT2D eigenvalue weighted by molar-refractivity contribution is 5.70. The average Bonchev–Trinajstić information content (AvgIpc) is 2.24. The predicted octanol–water partition coefficient (Wildman–Crippen LogP) is 2.34. The number of carbonyl (C=O) groups excluding carboxylic acids is 1. The standard InChI is InChI=1S/C12H22O5/c1-4-12(3,16-5-2)17-11(15)9-7-6-8-10(13)14/h4-9H2,1-3H3,(H,13,14). The molecule has 0 amide bonds. The second kappa shape index (κ2) is 8.06. The molecular formula is C12H22O5. The van der Waals surface area contributed by atoms with Gasteiger partial charge in [-0.3, -0.25) is 9.59 Å². The first-order valence-corrected chi connectivity index (χ1v) is 6.01. The number of esters is 1. The van der Waals surface area contributed by atoms with Crippen molar-refractivity contribution in [1.82, 2.24) is 0 Å². The minimum atomic E-state index is -0.862. The van der Waals surface area contributed by atoms with E-state index in [0.29, 0.717) is 25.9 Å². The van der Waals surface area contributed by atoms with Gasteiger partial charge in [0.2, 0.25) is 5.79 Å². The van der Waals surface area contributed by atoms with E-state index in [0.717, 1.165) is 0 Å². The highest BCUT2D eigenvalue weighted by Gasteiger charge is 2.26. The Morgan fingerprint density at radius 3 is 2.24 bits per heavy atom. The molecule has 0 spiro atoms. The van der Waals surface area contributed by atoms with Gasteiger partial charge in [-0.25, -0.2) is 0 Å². The van der Waals surface area contributed by atoms with Crippen molar-refractivity contribution >= 4 is 11.9 Å². The summed E-state index contributed by atoms with van der Waals surface area (Å²) in [5, 5.41) is 8.44. The SMILES string of the molecule is CCOC(C)(CC)OC(=O)CCCCC(=O)O. The predicted molar refractivity (Wildman–Crippen MR) is 62.5 cm³/mol. The molecule has 0 aromatic carbocycles. The number of carboxylic acids is 1. The molecule has 1 atom stereocenters. The van der Waals surface area contributed by atoms with Gasteiger partial charge in [0.05, 0.1) is 0 Å². The Hall–Kier alpha value is -1.10. The molecule has 0 aromatic rings. The van der Waals surface area contributed by atoms with Crippen molar-refractivity contribution in [2.75, 3.05) is 6.61 Å². The van der Waals surface area contributed by atoms with Gasteiger partial charge < -0.3 is 14.6 Å². The number of unbranched alkanes of at least 4 members (excludes halogenated alkanes) is 1. The van der Waals surface area contributed by atoms with E-state index in [-0.39, 0.29) is 18.8 Å². The zero-order valence-electron chi connectivity index (χ0n) is 10.8. The molecule has 0 fully saturated rings. The minimum Gasteiger partial charge on any atom is -0.481 e. The third-order valence-corrected chi connectivity index (χ3v) is 2.44. The average molecular weight is 246 g/mol. The molecule has 5 heteroatoms. The molecule has 0 aliphatic carbocycles. The van der Waals surface area contributed by atoms with E-state index < -0.39 is 11.8 Å². The second-order valence-corrected chi connectivity index (χ2v) is 4.00. The summed E-state index contributed by atoms with van der Waals surface area (Å²) in [6.07, 6.45) is 1.92. The molecule has 1 unspecified atom stereocenters. The van der Waals surface area contributed by atoms with Gasteiger partial charge in [0.25, 0.3) is 0 Å². The lowest BCUT2D eigenvalue weighted by molar-refractivity contribution is -0.223. The lowest BCUT2D eigenvalue weighted by Gasteiger charge is -2.27. The summed E-state index contributed by atoms with van der Waals surface area (Å²) in [7, 11) is 0. The molecule has 0 aromatic heterocycles. The van der Waals surface area contributed by atoms with Crippen LogP contribution in [0, 0.1) is 0 Å². The fraction of sp³-hybridized carbons (Fsp3) is 0.833. The molecule has 5 nitrogen and oxygen atoms in total. The van der Waals surface area contributed by atoms with Crippen molar-refractivity contribution in [2.24, 2.45) is 0 Å². The van der Waals surface area contributed by atoms with E-state index in [1.54, 1.807) is 6.92 Å². The van der Waals surface area contributed by atoms with Gasteiger partial charge >= 0.3 is 11.9 Å². The van der Waals surface area contributed by atoms with Gasteiger partial charge in [-0.1, -0.05) is 6.92 Å². The van der Waals surface area contributed by atoms with Crippen LogP contribution in [0.15, 0.2) is 0 Å². The van der Waals surface area contributed by atoms with Gasteiger partial charge in [-0.2, -0.15) is 0 Å². The molecule has 0 aliphatic heterocycles. The van der Waals surface area contributed by atoms with Gasteiger partial charge in [0, 0.05) is 32.8 Å². The Morgan fingerprint density at radius 1 is 1.18 bits per heavy atom. The van der Waals surface area contributed by atoms with E-state index in [4.69, 9.17) is 14.6 Å². The number of hydrogen-bond acceptors (Lipinski definition) is 4. The van der Waals surface area contributed by atoms with Crippen LogP contribution >= 0.6 is 0 Å². The van der Waals surface area contributed by atoms with Crippen LogP contribution in [0.3, 0.4) is 0 Å². The van der Waals surface area contributed by atoms with Crippen LogP contribution < -0.4 is 0 Å². The van der Waals surface area contributed by atoms with Gasteiger partial charge in [-0.15, -0.1) is 0 Å². The molecule has 0 saturated carbocycles. The van der Waals surface area contributed by atoms with Crippen LogP contribution in [0.4, 0.5) is 0 Å². The maximum absolute atomic E-state index is 11.5. The van der Waals surface area contributed by atoms with Crippen molar-refractivity contribution in [3.8, 4) is 0 Å². The summed E-state index contributed by atoms with van der Waals surface area (Å²) in [4.78, 5) is 21.8. The fourth-order valence-electron chi connectivity index (χ4n) is 1.35. The summed E-state index contributed by atoms with van der Waals surface area (Å²) in [6.45, 7) is 5.93. The molecule has 1 N–H and O–H groups in total. The van der Waals surface area contributed by atoms with E-state index in [1.165, 1.54) is 0 Å². The van der Waals surface area contributed by atoms with Crippen molar-refractivity contribution in [3.05, 3.63) is 0 Å². The van der Waals surface area contributed by atoms with Crippen molar-refractivity contribution in [2.45, 2.75) is 58.7 Å². The Labute approximate surface area is 102 Å². The molecule has 0 rings (SSSR count). The Kier molecular flexibility index (Phi) is 7.54. The monoisotopic (exact) mass is 246 g/mol. The second-order valence-electron chi connectivity index (χ2n) is 4.00. The van der Waals surface area contributed by atoms with Crippen molar-refractivity contribution in [3.63, 3.8) is 0 Å². The summed E-state index contributed by atoms with van der Waals surface area (Å²) in [6, 6.07) is 0. The van der Waals surface area contributed by atoms with E-state index in [9.17, 15) is 9.59 Å². The lowest BCUT2D eigenvalue weighted by atomic mass is 10.2. The first kappa shape index (κ1) is 15.9. The first-order valence-electron chi connectivity index (χ1n) is 6.01. The van der Waals surface area contributed by atoms with Gasteiger partial charge in [0.1, 0.15) is 0 Å². The zero-order valence-corrected chi connectivity index (χ0v) is 10.8. The zero-order chi connectivity index (χ0) is 13.3. The van der Waals surface area contributed by atoms with Crippen LogP contribution in [0.5, 0.6) is 0 Å². The highest BCUT2D eigenvalue weighted by Crippen LogP contribution is 2.18. The normalized spacial score (nSPS) is 14.1. The third-order valence-electron chi connectivity index (χ3n) is 2.44. The topological polar surface area (TPSA) is 72.8 Å². The van der Waals surface area contributed by atoms with Crippen LogP contribution in [0.25, 0.3) is 0 Å². The Bertz CT molecular complexity index is 251. The van der Waals surface area contributed by atoms with E-state index in [1.807, 2.05) is 13.8 Å². The molecule has 0 saturated heterocycles. The number of carbonyl (C=O) groups is 2. The molecular weight excluding hydrogens is 224 g/mol. The first-order chi connectivity index (χ1) is 7.93. The number of hydrogen-bond donors (Lipinski definition) is 1. The highest BCUT2D eigenvalue weighted by atomic mass is 16.7. The van der Waals surface area contributed by atoms with Gasteiger partial charge in [-0.05, 0) is 19.8 Å². The lowest BCUT2D eigenvalue weighted by Crippen LogP contribution is -2.34. The molecule has 0 bridgehead atoms. The minimum absolute atomic E-state index is 0.0871. The molecule has 17 heavy (non-hydrogen) atoms. The largest absolute Gasteiger partial charge is 0.481 e. The number of aliphatic carboxylic acids is 1. The third kappa shape index (κ3) is 7.74. The number of rotatable bonds is 9. The molecule has 0 heterocycles. The van der Waals surface area contributed by atoms with Crippen molar-refractivity contribution < 1.29 is 24.2 Å². The Balaban J connectivity index is 3.87. The summed E-state index contributed by atoms with van der Waals surface area (Å²) >= 11 is 0. The van der Waals surface area contributed by atoms with Crippen molar-refractivity contribution in [1.29, 1.82) is 0 Å². The number of carboxylic acid groups (broad SMARTS) is 1. The van der Waals surface area contributed by atoms with Crippen LogP contribution in [0.2, 0.25) is 0 Å². The number of ether oxygens (including phenoxy) is 2. The summed E-state index contributed by atoms with van der Waals surface area (Å²) in [5.41, 5.74) is 0. The maximum atomic E-state index is 11.5. The fourth-order valence-corrected chi connectivity index (χ4v) is 1.35. The van der Waals surface area contributed by atoms with E-state index >= 15 is 0 Å². The van der Waals surface area contributed by atoms with Gasteiger partial charge in [0.15, 0.2) is 0 Å². The molecule has 100 valence electrons. The smallest absolute Gasteiger partial charge is 0.308 e. The van der Waals surface area contributed by atoms with Crippen LogP contribution in [-0.2, 0) is 19.1 Å².